The maximum Gasteiger partial charge on any atom is 0.0157 e. The Kier molecular flexibility index (Phi) is 5.58. The number of rotatable bonds is 5. The molecule has 0 amide bonds. The molecule has 0 aromatic rings. The molecule has 0 unspecified atom stereocenters. The van der Waals surface area contributed by atoms with E-state index in [4.69, 9.17) is 0 Å². The average molecular weight is 211 g/mol. The smallest absolute Gasteiger partial charge is 0.0157 e. The summed E-state index contributed by atoms with van der Waals surface area (Å²) in [6.07, 6.45) is 7.04. The van der Waals surface area contributed by atoms with E-state index in [0.29, 0.717) is 10.8 Å². The lowest BCUT2D eigenvalue weighted by molar-refractivity contribution is 0.214. The minimum absolute atomic E-state index is 0.418. The summed E-state index contributed by atoms with van der Waals surface area (Å²) in [6.45, 7) is 12.7. The van der Waals surface area contributed by atoms with Gasteiger partial charge in [-0.2, -0.15) is 0 Å². The van der Waals surface area contributed by atoms with Crippen molar-refractivity contribution in [3.63, 3.8) is 0 Å². The topological polar surface area (TPSA) is 3.24 Å². The molecule has 0 aliphatic carbocycles. The molecular weight excluding hydrogens is 182 g/mol. The Hall–Kier alpha value is -0.300. The summed E-state index contributed by atoms with van der Waals surface area (Å²) >= 11 is 0. The van der Waals surface area contributed by atoms with Crippen molar-refractivity contribution in [2.75, 3.05) is 20.6 Å². The van der Waals surface area contributed by atoms with E-state index in [0.717, 1.165) is 6.54 Å². The Morgan fingerprint density at radius 2 is 1.47 bits per heavy atom. The van der Waals surface area contributed by atoms with Gasteiger partial charge in [0, 0.05) is 6.54 Å². The highest BCUT2D eigenvalue weighted by molar-refractivity contribution is 4.90. The quantitative estimate of drug-likeness (QED) is 0.622. The summed E-state index contributed by atoms with van der Waals surface area (Å²) in [7, 11) is 4.20. The summed E-state index contributed by atoms with van der Waals surface area (Å²) in [6, 6.07) is 0. The van der Waals surface area contributed by atoms with Crippen LogP contribution in [-0.2, 0) is 0 Å². The van der Waals surface area contributed by atoms with Crippen molar-refractivity contribution >= 4 is 0 Å². The number of likely N-dealkylation sites (N-methyl/N-ethyl adjacent to an activating group) is 1. The van der Waals surface area contributed by atoms with Crippen LogP contribution in [0.15, 0.2) is 12.2 Å². The van der Waals surface area contributed by atoms with Gasteiger partial charge in [0.25, 0.3) is 0 Å². The van der Waals surface area contributed by atoms with Gasteiger partial charge >= 0.3 is 0 Å². The molecule has 0 heterocycles. The van der Waals surface area contributed by atoms with Crippen LogP contribution in [0, 0.1) is 10.8 Å². The van der Waals surface area contributed by atoms with Gasteiger partial charge in [-0.25, -0.2) is 0 Å². The average Bonchev–Trinajstić information content (AvgIpc) is 1.93. The summed E-state index contributed by atoms with van der Waals surface area (Å²) in [4.78, 5) is 2.19. The van der Waals surface area contributed by atoms with E-state index in [-0.39, 0.29) is 0 Å². The second-order valence-corrected chi connectivity index (χ2v) is 6.84. The molecule has 0 saturated heterocycles. The second-order valence-electron chi connectivity index (χ2n) is 6.84. The highest BCUT2D eigenvalue weighted by Gasteiger charge is 2.23. The minimum atomic E-state index is 0.418. The number of allylic oxidation sites excluding steroid dienone is 1. The van der Waals surface area contributed by atoms with Gasteiger partial charge in [-0.1, -0.05) is 46.8 Å². The lowest BCUT2D eigenvalue weighted by Gasteiger charge is -2.31. The van der Waals surface area contributed by atoms with Crippen molar-refractivity contribution in [1.29, 1.82) is 0 Å². The van der Waals surface area contributed by atoms with Crippen molar-refractivity contribution in [3.05, 3.63) is 12.2 Å². The first-order valence-corrected chi connectivity index (χ1v) is 5.92. The van der Waals surface area contributed by atoms with E-state index in [1.807, 2.05) is 0 Å². The zero-order valence-electron chi connectivity index (χ0n) is 11.7. The van der Waals surface area contributed by atoms with Gasteiger partial charge in [0.2, 0.25) is 0 Å². The second kappa shape index (κ2) is 5.69. The van der Waals surface area contributed by atoms with E-state index in [9.17, 15) is 0 Å². The third-order valence-corrected chi connectivity index (χ3v) is 2.32. The molecule has 15 heavy (non-hydrogen) atoms. The van der Waals surface area contributed by atoms with E-state index in [2.05, 4.69) is 65.8 Å². The summed E-state index contributed by atoms with van der Waals surface area (Å²) in [5.41, 5.74) is 0.847. The predicted molar refractivity (Wildman–Crippen MR) is 70.2 cm³/mol. The molecule has 1 heteroatoms. The van der Waals surface area contributed by atoms with E-state index >= 15 is 0 Å². The molecule has 0 aromatic heterocycles. The van der Waals surface area contributed by atoms with E-state index < -0.39 is 0 Å². The summed E-state index contributed by atoms with van der Waals surface area (Å²) < 4.78 is 0. The van der Waals surface area contributed by atoms with Crippen LogP contribution in [-0.4, -0.2) is 25.5 Å². The molecule has 0 rings (SSSR count). The van der Waals surface area contributed by atoms with Crippen LogP contribution in [0.5, 0.6) is 0 Å². The molecule has 0 N–H and O–H groups in total. The fourth-order valence-electron chi connectivity index (χ4n) is 2.20. The van der Waals surface area contributed by atoms with Crippen LogP contribution in [0.2, 0.25) is 0 Å². The Labute approximate surface area is 96.6 Å². The minimum Gasteiger partial charge on any atom is -0.306 e. The Bertz CT molecular complexity index is 194. The molecular formula is C14H29N. The molecule has 0 saturated carbocycles. The van der Waals surface area contributed by atoms with Gasteiger partial charge in [-0.05, 0) is 37.8 Å². The SMILES string of the molecule is CN(C)C/C=C/CC(C)(C)CC(C)(C)C. The number of nitrogens with zero attached hydrogens (tertiary/aromatic N) is 1. The van der Waals surface area contributed by atoms with Crippen LogP contribution < -0.4 is 0 Å². The molecule has 0 radical (unpaired) electrons. The number of hydrogen-bond donors (Lipinski definition) is 0. The molecule has 0 bridgehead atoms. The van der Waals surface area contributed by atoms with Gasteiger partial charge in [0.05, 0.1) is 0 Å². The van der Waals surface area contributed by atoms with Crippen molar-refractivity contribution in [2.45, 2.75) is 47.5 Å². The van der Waals surface area contributed by atoms with Crippen molar-refractivity contribution < 1.29 is 0 Å². The molecule has 1 nitrogen and oxygen atoms in total. The fourth-order valence-corrected chi connectivity index (χ4v) is 2.20. The first-order valence-electron chi connectivity index (χ1n) is 5.92. The maximum atomic E-state index is 2.36. The monoisotopic (exact) mass is 211 g/mol. The van der Waals surface area contributed by atoms with Crippen molar-refractivity contribution in [2.24, 2.45) is 10.8 Å². The highest BCUT2D eigenvalue weighted by Crippen LogP contribution is 2.35. The third-order valence-electron chi connectivity index (χ3n) is 2.32. The first-order chi connectivity index (χ1) is 6.62. The molecule has 0 atom stereocenters. The zero-order chi connectivity index (χ0) is 12.1. The predicted octanol–water partition coefficient (Wildman–Crippen LogP) is 3.96. The molecule has 0 aromatic carbocycles. The van der Waals surface area contributed by atoms with Crippen molar-refractivity contribution in [1.82, 2.24) is 4.90 Å². The molecule has 0 aliphatic heterocycles. The largest absolute Gasteiger partial charge is 0.306 e. The maximum absolute atomic E-state index is 2.36. The molecule has 90 valence electrons. The normalized spacial score (nSPS) is 14.1. The third kappa shape index (κ3) is 9.99. The Morgan fingerprint density at radius 1 is 0.933 bits per heavy atom. The van der Waals surface area contributed by atoms with Gasteiger partial charge < -0.3 is 4.90 Å². The standard InChI is InChI=1S/C14H29N/c1-13(2,3)12-14(4,5)10-8-9-11-15(6)7/h8-9H,10-12H2,1-7H3/b9-8+. The van der Waals surface area contributed by atoms with Gasteiger partial charge in [0.15, 0.2) is 0 Å². The summed E-state index contributed by atoms with van der Waals surface area (Å²) in [5.74, 6) is 0. The Balaban J connectivity index is 3.99. The lowest BCUT2D eigenvalue weighted by Crippen LogP contribution is -2.20. The van der Waals surface area contributed by atoms with Crippen LogP contribution in [0.3, 0.4) is 0 Å². The highest BCUT2D eigenvalue weighted by atomic mass is 15.0. The molecule has 0 fully saturated rings. The van der Waals surface area contributed by atoms with Crippen LogP contribution in [0.1, 0.15) is 47.5 Å². The molecule has 0 aliphatic rings. The zero-order valence-corrected chi connectivity index (χ0v) is 11.7. The van der Waals surface area contributed by atoms with Crippen LogP contribution >= 0.6 is 0 Å². The van der Waals surface area contributed by atoms with Gasteiger partial charge in [-0.3, -0.25) is 0 Å². The van der Waals surface area contributed by atoms with Crippen LogP contribution in [0.25, 0.3) is 0 Å². The van der Waals surface area contributed by atoms with Gasteiger partial charge in [-0.15, -0.1) is 0 Å². The fraction of sp³-hybridized carbons (Fsp3) is 0.857. The van der Waals surface area contributed by atoms with Crippen LogP contribution in [0.4, 0.5) is 0 Å². The van der Waals surface area contributed by atoms with Gasteiger partial charge in [0.1, 0.15) is 0 Å². The first kappa shape index (κ1) is 14.7. The summed E-state index contributed by atoms with van der Waals surface area (Å²) in [5, 5.41) is 0. The molecule has 0 spiro atoms. The van der Waals surface area contributed by atoms with E-state index in [1.54, 1.807) is 0 Å². The van der Waals surface area contributed by atoms with Crippen molar-refractivity contribution in [3.8, 4) is 0 Å². The number of hydrogen-bond acceptors (Lipinski definition) is 1. The lowest BCUT2D eigenvalue weighted by atomic mass is 9.74. The van der Waals surface area contributed by atoms with E-state index in [1.165, 1.54) is 12.8 Å². The Morgan fingerprint density at radius 3 is 1.87 bits per heavy atom.